The Morgan fingerprint density at radius 1 is 1.38 bits per heavy atom. The highest BCUT2D eigenvalue weighted by Crippen LogP contribution is 2.19. The van der Waals surface area contributed by atoms with Gasteiger partial charge in [-0.15, -0.1) is 11.3 Å². The Hall–Kier alpha value is -1.78. The molecule has 0 unspecified atom stereocenters. The molecule has 1 aromatic rings. The van der Waals surface area contributed by atoms with Gasteiger partial charge >= 0.3 is 0 Å². The molecule has 1 saturated heterocycles. The zero-order valence-electron chi connectivity index (χ0n) is 13.4. The van der Waals surface area contributed by atoms with Crippen molar-refractivity contribution in [2.75, 3.05) is 32.7 Å². The van der Waals surface area contributed by atoms with E-state index in [9.17, 15) is 18.0 Å². The number of aromatic nitrogens is 1. The summed E-state index contributed by atoms with van der Waals surface area (Å²) in [4.78, 5) is 28.7. The third-order valence-corrected chi connectivity index (χ3v) is 6.32. The summed E-state index contributed by atoms with van der Waals surface area (Å²) in [6, 6.07) is 0. The topological polar surface area (TPSA) is 99.7 Å². The van der Waals surface area contributed by atoms with Crippen LogP contribution in [0.1, 0.15) is 11.4 Å². The predicted octanol–water partition coefficient (Wildman–Crippen LogP) is -0.0233. The number of hydrogen-bond acceptors (Lipinski definition) is 6. The fourth-order valence-electron chi connectivity index (χ4n) is 2.30. The molecule has 0 spiro atoms. The van der Waals surface area contributed by atoms with E-state index in [1.165, 1.54) is 21.0 Å². The maximum atomic E-state index is 12.5. The molecule has 0 radical (unpaired) electrons. The summed E-state index contributed by atoms with van der Waals surface area (Å²) >= 11 is 1.29. The molecule has 0 saturated carbocycles. The van der Waals surface area contributed by atoms with Crippen LogP contribution in [0.4, 0.5) is 0 Å². The number of hydrogen-bond donors (Lipinski definition) is 1. The maximum Gasteiger partial charge on any atom is 0.261 e. The number of rotatable bonds is 6. The largest absolute Gasteiger partial charge is 0.352 e. The van der Waals surface area contributed by atoms with E-state index in [1.54, 1.807) is 11.8 Å². The molecule has 1 N–H and O–H groups in total. The van der Waals surface area contributed by atoms with Gasteiger partial charge in [-0.2, -0.15) is 4.31 Å². The van der Waals surface area contributed by atoms with Crippen molar-refractivity contribution in [3.05, 3.63) is 23.0 Å². The van der Waals surface area contributed by atoms with E-state index in [2.05, 4.69) is 16.9 Å². The minimum absolute atomic E-state index is 0.0666. The van der Waals surface area contributed by atoms with Gasteiger partial charge in [-0.25, -0.2) is 13.4 Å². The van der Waals surface area contributed by atoms with Crippen molar-refractivity contribution in [2.45, 2.75) is 18.4 Å². The number of nitrogens with one attached hydrogen (secondary N) is 1. The first-order valence-corrected chi connectivity index (χ1v) is 9.77. The number of nitrogens with zero attached hydrogens (tertiary/aromatic N) is 3. The highest BCUT2D eigenvalue weighted by molar-refractivity contribution is 7.89. The van der Waals surface area contributed by atoms with Gasteiger partial charge in [-0.1, -0.05) is 6.58 Å². The van der Waals surface area contributed by atoms with Gasteiger partial charge in [-0.05, 0) is 13.0 Å². The van der Waals surface area contributed by atoms with E-state index in [4.69, 9.17) is 0 Å². The summed E-state index contributed by atoms with van der Waals surface area (Å²) in [5.41, 5.74) is 0. The third kappa shape index (κ3) is 4.40. The monoisotopic (exact) mass is 372 g/mol. The highest BCUT2D eigenvalue weighted by atomic mass is 32.2. The van der Waals surface area contributed by atoms with E-state index in [0.29, 0.717) is 18.1 Å². The number of carbonyl (C=O) groups is 2. The van der Waals surface area contributed by atoms with E-state index >= 15 is 0 Å². The Bertz CT molecular complexity index is 721. The van der Waals surface area contributed by atoms with Crippen LogP contribution >= 0.6 is 11.3 Å². The minimum atomic E-state index is -3.60. The highest BCUT2D eigenvalue weighted by Gasteiger charge is 2.31. The first-order chi connectivity index (χ1) is 11.3. The van der Waals surface area contributed by atoms with Crippen LogP contribution in [0.15, 0.2) is 23.1 Å². The summed E-state index contributed by atoms with van der Waals surface area (Å²) in [5.74, 6) is -0.432. The normalized spacial score (nSPS) is 16.0. The van der Waals surface area contributed by atoms with Crippen molar-refractivity contribution in [3.63, 3.8) is 0 Å². The second-order valence-electron chi connectivity index (χ2n) is 5.23. The maximum absolute atomic E-state index is 12.5. The van der Waals surface area contributed by atoms with Gasteiger partial charge in [-0.3, -0.25) is 9.59 Å². The van der Waals surface area contributed by atoms with Crippen LogP contribution in [-0.2, 0) is 19.6 Å². The molecule has 1 aromatic heterocycles. The lowest BCUT2D eigenvalue weighted by molar-refractivity contribution is -0.132. The molecule has 1 aliphatic heterocycles. The summed E-state index contributed by atoms with van der Waals surface area (Å²) in [7, 11) is -3.60. The first kappa shape index (κ1) is 18.6. The Labute approximate surface area is 145 Å². The number of sulfonamides is 1. The van der Waals surface area contributed by atoms with E-state index in [-0.39, 0.29) is 42.9 Å². The molecule has 2 heterocycles. The van der Waals surface area contributed by atoms with E-state index in [1.807, 2.05) is 0 Å². The smallest absolute Gasteiger partial charge is 0.261 e. The second kappa shape index (κ2) is 7.86. The molecule has 10 heteroatoms. The molecule has 8 nitrogen and oxygen atoms in total. The van der Waals surface area contributed by atoms with Gasteiger partial charge in [0.25, 0.3) is 10.0 Å². The molecule has 1 aliphatic rings. The van der Waals surface area contributed by atoms with Crippen LogP contribution in [0.3, 0.4) is 0 Å². The second-order valence-corrected chi connectivity index (χ2v) is 8.18. The molecule has 2 amide bonds. The van der Waals surface area contributed by atoms with Crippen LogP contribution in [0.25, 0.3) is 0 Å². The molecular weight excluding hydrogens is 352 g/mol. The quantitative estimate of drug-likeness (QED) is 0.707. The average molecular weight is 372 g/mol. The first-order valence-electron chi connectivity index (χ1n) is 7.45. The lowest BCUT2D eigenvalue weighted by Gasteiger charge is -2.33. The Morgan fingerprint density at radius 3 is 2.58 bits per heavy atom. The van der Waals surface area contributed by atoms with Crippen molar-refractivity contribution < 1.29 is 18.0 Å². The van der Waals surface area contributed by atoms with Crippen molar-refractivity contribution in [3.8, 4) is 0 Å². The minimum Gasteiger partial charge on any atom is -0.352 e. The fraction of sp³-hybridized carbons (Fsp3) is 0.500. The van der Waals surface area contributed by atoms with Crippen molar-refractivity contribution in [1.29, 1.82) is 0 Å². The van der Waals surface area contributed by atoms with Gasteiger partial charge < -0.3 is 10.2 Å². The molecule has 1 fully saturated rings. The van der Waals surface area contributed by atoms with Gasteiger partial charge in [0.2, 0.25) is 11.8 Å². The summed E-state index contributed by atoms with van der Waals surface area (Å²) in [5, 5.41) is 4.84. The Kier molecular flexibility index (Phi) is 6.08. The molecule has 0 aromatic carbocycles. The fourth-order valence-corrected chi connectivity index (χ4v) is 4.62. The summed E-state index contributed by atoms with van der Waals surface area (Å²) < 4.78 is 26.3. The van der Waals surface area contributed by atoms with Crippen molar-refractivity contribution in [2.24, 2.45) is 0 Å². The van der Waals surface area contributed by atoms with Gasteiger partial charge in [0, 0.05) is 44.5 Å². The van der Waals surface area contributed by atoms with E-state index < -0.39 is 10.0 Å². The standard InChI is InChI=1S/C14H20N4O4S2/c1-3-12(19)15-5-4-14(20)17-6-8-18(9-7-17)24(21,22)13-10-23-11(2)16-13/h3,10H,1,4-9H2,2H3,(H,15,19). The zero-order valence-corrected chi connectivity index (χ0v) is 15.0. The van der Waals surface area contributed by atoms with Crippen LogP contribution in [0, 0.1) is 6.92 Å². The Balaban J connectivity index is 1.85. The van der Waals surface area contributed by atoms with Crippen LogP contribution in [0.2, 0.25) is 0 Å². The summed E-state index contributed by atoms with van der Waals surface area (Å²) in [6.07, 6.45) is 1.33. The SMILES string of the molecule is C=CC(=O)NCCC(=O)N1CCN(S(=O)(=O)c2csc(C)n2)CC1. The van der Waals surface area contributed by atoms with Crippen molar-refractivity contribution >= 4 is 33.2 Å². The lowest BCUT2D eigenvalue weighted by Crippen LogP contribution is -2.50. The predicted molar refractivity (Wildman–Crippen MR) is 90.0 cm³/mol. The average Bonchev–Trinajstić information content (AvgIpc) is 3.02. The number of thiazole rings is 1. The molecule has 0 bridgehead atoms. The molecular formula is C14H20N4O4S2. The summed E-state index contributed by atoms with van der Waals surface area (Å²) in [6.45, 7) is 6.46. The molecule has 132 valence electrons. The van der Waals surface area contributed by atoms with Crippen LogP contribution < -0.4 is 5.32 Å². The van der Waals surface area contributed by atoms with Crippen LogP contribution in [-0.4, -0.2) is 67.1 Å². The van der Waals surface area contributed by atoms with Gasteiger partial charge in [0.1, 0.15) is 0 Å². The zero-order chi connectivity index (χ0) is 17.7. The number of aryl methyl sites for hydroxylation is 1. The van der Waals surface area contributed by atoms with Crippen molar-refractivity contribution in [1.82, 2.24) is 19.5 Å². The number of amides is 2. The molecule has 0 aliphatic carbocycles. The molecule has 24 heavy (non-hydrogen) atoms. The van der Waals surface area contributed by atoms with Crippen LogP contribution in [0.5, 0.6) is 0 Å². The number of piperazine rings is 1. The molecule has 2 rings (SSSR count). The Morgan fingerprint density at radius 2 is 2.04 bits per heavy atom. The number of carbonyl (C=O) groups excluding carboxylic acids is 2. The van der Waals surface area contributed by atoms with Gasteiger partial charge in [0.15, 0.2) is 5.03 Å². The third-order valence-electron chi connectivity index (χ3n) is 3.62. The lowest BCUT2D eigenvalue weighted by atomic mass is 10.3. The van der Waals surface area contributed by atoms with E-state index in [0.717, 1.165) is 6.08 Å². The van der Waals surface area contributed by atoms with Gasteiger partial charge in [0.05, 0.1) is 5.01 Å². The molecule has 0 atom stereocenters.